The number of hydrogen-bond acceptors (Lipinski definition) is 6. The summed E-state index contributed by atoms with van der Waals surface area (Å²) in [6.07, 6.45) is 2.93. The average molecular weight is 404 g/mol. The number of nitrogens with zero attached hydrogens (tertiary/aromatic N) is 3. The average Bonchev–Trinajstić information content (AvgIpc) is 2.71. The largest absolute Gasteiger partial charge is 0.291 e. The number of hydrogen-bond donors (Lipinski definition) is 2. The van der Waals surface area contributed by atoms with Crippen molar-refractivity contribution >= 4 is 15.9 Å². The van der Waals surface area contributed by atoms with Crippen LogP contribution in [0.2, 0.25) is 0 Å². The Labute approximate surface area is 164 Å². The fourth-order valence-corrected chi connectivity index (χ4v) is 5.07. The summed E-state index contributed by atoms with van der Waals surface area (Å²) in [5.74, 6) is -0.553. The van der Waals surface area contributed by atoms with E-state index in [4.69, 9.17) is 5.21 Å². The number of rotatable bonds is 5. The van der Waals surface area contributed by atoms with Crippen molar-refractivity contribution in [2.24, 2.45) is 0 Å². The molecular formula is C19H24N4O4S. The number of piperazine rings is 1. The first kappa shape index (κ1) is 20.4. The highest BCUT2D eigenvalue weighted by atomic mass is 32.2. The Morgan fingerprint density at radius 3 is 2.36 bits per heavy atom. The third kappa shape index (κ3) is 4.22. The molecule has 2 atom stereocenters. The lowest BCUT2D eigenvalue weighted by Crippen LogP contribution is -2.57. The van der Waals surface area contributed by atoms with Gasteiger partial charge in [0.2, 0.25) is 10.0 Å². The van der Waals surface area contributed by atoms with Crippen molar-refractivity contribution in [1.82, 2.24) is 19.7 Å². The van der Waals surface area contributed by atoms with Crippen LogP contribution in [0.15, 0.2) is 53.7 Å². The van der Waals surface area contributed by atoms with Crippen molar-refractivity contribution in [3.8, 4) is 0 Å². The van der Waals surface area contributed by atoms with Gasteiger partial charge >= 0.3 is 0 Å². The minimum Gasteiger partial charge on any atom is -0.291 e. The molecule has 8 nitrogen and oxygen atoms in total. The summed E-state index contributed by atoms with van der Waals surface area (Å²) in [4.78, 5) is 17.8. The fourth-order valence-electron chi connectivity index (χ4n) is 3.50. The Bertz CT molecular complexity index is 907. The van der Waals surface area contributed by atoms with Crippen LogP contribution in [0, 0.1) is 0 Å². The van der Waals surface area contributed by atoms with Crippen LogP contribution in [-0.2, 0) is 16.6 Å². The monoisotopic (exact) mass is 404 g/mol. The third-order valence-electron chi connectivity index (χ3n) is 5.02. The lowest BCUT2D eigenvalue weighted by atomic mass is 10.1. The van der Waals surface area contributed by atoms with E-state index < -0.39 is 15.9 Å². The van der Waals surface area contributed by atoms with Crippen LogP contribution in [0.3, 0.4) is 0 Å². The van der Waals surface area contributed by atoms with Gasteiger partial charge in [0.1, 0.15) is 4.90 Å². The lowest BCUT2D eigenvalue weighted by molar-refractivity contribution is 0.0695. The van der Waals surface area contributed by atoms with Gasteiger partial charge in [-0.2, -0.15) is 4.31 Å². The maximum absolute atomic E-state index is 12.9. The van der Waals surface area contributed by atoms with E-state index in [-0.39, 0.29) is 17.0 Å². The first-order chi connectivity index (χ1) is 13.3. The van der Waals surface area contributed by atoms with Crippen LogP contribution in [0.5, 0.6) is 0 Å². The molecule has 0 saturated carbocycles. The molecule has 2 aromatic rings. The molecule has 9 heteroatoms. The van der Waals surface area contributed by atoms with E-state index in [2.05, 4.69) is 9.88 Å². The molecular weight excluding hydrogens is 380 g/mol. The van der Waals surface area contributed by atoms with Crippen molar-refractivity contribution in [2.75, 3.05) is 13.1 Å². The predicted octanol–water partition coefficient (Wildman–Crippen LogP) is 1.48. The van der Waals surface area contributed by atoms with Gasteiger partial charge in [0, 0.05) is 49.7 Å². The minimum absolute atomic E-state index is 0.0237. The second kappa shape index (κ2) is 8.36. The lowest BCUT2D eigenvalue weighted by Gasteiger charge is -2.43. The highest BCUT2D eigenvalue weighted by Crippen LogP contribution is 2.24. The molecule has 150 valence electrons. The van der Waals surface area contributed by atoms with Gasteiger partial charge in [-0.3, -0.25) is 19.9 Å². The number of benzene rings is 1. The molecule has 0 bridgehead atoms. The topological polar surface area (TPSA) is 103 Å². The van der Waals surface area contributed by atoms with Gasteiger partial charge in [-0.15, -0.1) is 0 Å². The standard InChI is InChI=1S/C19H24N4O4S/c1-14-11-22(28(26,27)18-4-3-9-20-10-18)12-15(2)23(14)13-16-5-7-17(8-6-16)19(24)21-25/h3-10,14-15,25H,11-13H2,1-2H3,(H,21,24)/t14-,15+. The van der Waals surface area contributed by atoms with E-state index in [0.717, 1.165) is 5.56 Å². The Morgan fingerprint density at radius 2 is 1.82 bits per heavy atom. The van der Waals surface area contributed by atoms with Crippen LogP contribution in [0.25, 0.3) is 0 Å². The van der Waals surface area contributed by atoms with Gasteiger partial charge in [0.15, 0.2) is 0 Å². The molecule has 0 radical (unpaired) electrons. The summed E-state index contributed by atoms with van der Waals surface area (Å²) in [5.41, 5.74) is 3.00. The molecule has 2 N–H and O–H groups in total. The molecule has 1 saturated heterocycles. The first-order valence-electron chi connectivity index (χ1n) is 9.02. The van der Waals surface area contributed by atoms with E-state index in [1.165, 1.54) is 10.5 Å². The molecule has 1 aromatic carbocycles. The summed E-state index contributed by atoms with van der Waals surface area (Å²) in [6.45, 7) is 5.45. The Balaban J connectivity index is 1.71. The minimum atomic E-state index is -3.57. The molecule has 1 aliphatic rings. The van der Waals surface area contributed by atoms with Crippen LogP contribution in [0.4, 0.5) is 0 Å². The van der Waals surface area contributed by atoms with Crippen molar-refractivity contribution in [1.29, 1.82) is 0 Å². The first-order valence-corrected chi connectivity index (χ1v) is 10.5. The van der Waals surface area contributed by atoms with Gasteiger partial charge in [0.25, 0.3) is 5.91 Å². The fraction of sp³-hybridized carbons (Fsp3) is 0.368. The molecule has 0 unspecified atom stereocenters. The zero-order chi connectivity index (χ0) is 20.3. The van der Waals surface area contributed by atoms with E-state index in [0.29, 0.717) is 25.2 Å². The zero-order valence-corrected chi connectivity index (χ0v) is 16.6. The van der Waals surface area contributed by atoms with E-state index >= 15 is 0 Å². The van der Waals surface area contributed by atoms with Gasteiger partial charge in [-0.25, -0.2) is 13.9 Å². The summed E-state index contributed by atoms with van der Waals surface area (Å²) < 4.78 is 27.3. The predicted molar refractivity (Wildman–Crippen MR) is 103 cm³/mol. The maximum atomic E-state index is 12.9. The number of hydroxylamine groups is 1. The van der Waals surface area contributed by atoms with E-state index in [1.807, 2.05) is 26.0 Å². The SMILES string of the molecule is C[C@@H]1CN(S(=O)(=O)c2cccnc2)C[C@H](C)N1Cc1ccc(C(=O)NO)cc1. The Kier molecular flexibility index (Phi) is 6.09. The Hall–Kier alpha value is -2.33. The van der Waals surface area contributed by atoms with Crippen LogP contribution in [-0.4, -0.2) is 58.9 Å². The second-order valence-corrected chi connectivity index (χ2v) is 8.96. The summed E-state index contributed by atoms with van der Waals surface area (Å²) in [5, 5.41) is 8.70. The van der Waals surface area contributed by atoms with Gasteiger partial charge in [-0.1, -0.05) is 12.1 Å². The molecule has 1 aliphatic heterocycles. The maximum Gasteiger partial charge on any atom is 0.274 e. The second-order valence-electron chi connectivity index (χ2n) is 7.02. The van der Waals surface area contributed by atoms with E-state index in [1.54, 1.807) is 35.9 Å². The number of pyridine rings is 1. The molecule has 1 fully saturated rings. The summed E-state index contributed by atoms with van der Waals surface area (Å²) in [7, 11) is -3.57. The van der Waals surface area contributed by atoms with Gasteiger partial charge in [-0.05, 0) is 43.7 Å². The van der Waals surface area contributed by atoms with Crippen molar-refractivity contribution in [3.63, 3.8) is 0 Å². The summed E-state index contributed by atoms with van der Waals surface area (Å²) >= 11 is 0. The van der Waals surface area contributed by atoms with Crippen molar-refractivity contribution in [2.45, 2.75) is 37.4 Å². The Morgan fingerprint density at radius 1 is 1.18 bits per heavy atom. The third-order valence-corrected chi connectivity index (χ3v) is 6.84. The number of sulfonamides is 1. The smallest absolute Gasteiger partial charge is 0.274 e. The van der Waals surface area contributed by atoms with E-state index in [9.17, 15) is 13.2 Å². The number of aromatic nitrogens is 1. The molecule has 3 rings (SSSR count). The molecule has 2 heterocycles. The van der Waals surface area contributed by atoms with Crippen LogP contribution in [0.1, 0.15) is 29.8 Å². The number of carbonyl (C=O) groups is 1. The van der Waals surface area contributed by atoms with Crippen molar-refractivity contribution < 1.29 is 18.4 Å². The number of carbonyl (C=O) groups excluding carboxylic acids is 1. The summed E-state index contributed by atoms with van der Waals surface area (Å²) in [6, 6.07) is 10.2. The quantitative estimate of drug-likeness (QED) is 0.578. The highest BCUT2D eigenvalue weighted by molar-refractivity contribution is 7.89. The normalized spacial score (nSPS) is 21.4. The molecule has 1 amide bonds. The zero-order valence-electron chi connectivity index (χ0n) is 15.8. The molecule has 0 aliphatic carbocycles. The van der Waals surface area contributed by atoms with Crippen LogP contribution < -0.4 is 5.48 Å². The van der Waals surface area contributed by atoms with Gasteiger partial charge < -0.3 is 0 Å². The highest BCUT2D eigenvalue weighted by Gasteiger charge is 2.36. The number of amides is 1. The number of nitrogens with one attached hydrogen (secondary N) is 1. The molecule has 28 heavy (non-hydrogen) atoms. The molecule has 1 aromatic heterocycles. The molecule has 0 spiro atoms. The van der Waals surface area contributed by atoms with Gasteiger partial charge in [0.05, 0.1) is 0 Å². The van der Waals surface area contributed by atoms with Crippen LogP contribution >= 0.6 is 0 Å². The van der Waals surface area contributed by atoms with Crippen molar-refractivity contribution in [3.05, 3.63) is 59.9 Å².